The lowest BCUT2D eigenvalue weighted by Gasteiger charge is -2.24. The summed E-state index contributed by atoms with van der Waals surface area (Å²) in [7, 11) is -8.66. The molecule has 1 aromatic carbocycles. The Bertz CT molecular complexity index is 1440. The number of aliphatic imine (C=N–C) groups is 1. The molecule has 0 saturated heterocycles. The van der Waals surface area contributed by atoms with Gasteiger partial charge >= 0.3 is 12.4 Å². The number of primary sulfonamides is 1. The van der Waals surface area contributed by atoms with Gasteiger partial charge in [-0.2, -0.15) is 31.5 Å². The molecule has 7 N–H and O–H groups in total. The van der Waals surface area contributed by atoms with Crippen LogP contribution in [0.1, 0.15) is 12.0 Å². The molecule has 242 valence electrons. The molecule has 0 saturated carbocycles. The molecule has 0 aliphatic carbocycles. The van der Waals surface area contributed by atoms with Crippen LogP contribution in [0, 0.1) is 0 Å². The van der Waals surface area contributed by atoms with Gasteiger partial charge in [0.25, 0.3) is 0 Å². The number of benzene rings is 1. The Morgan fingerprint density at radius 2 is 1.58 bits per heavy atom. The van der Waals surface area contributed by atoms with E-state index in [1.165, 1.54) is 12.1 Å². The van der Waals surface area contributed by atoms with E-state index in [-0.39, 0.29) is 31.0 Å². The van der Waals surface area contributed by atoms with Gasteiger partial charge in [-0.05, 0) is 24.1 Å². The number of azo groups is 1. The normalized spacial score (nSPS) is 15.9. The maximum Gasteiger partial charge on any atom is 0.446 e. The fourth-order valence-corrected chi connectivity index (χ4v) is 6.40. The van der Waals surface area contributed by atoms with Crippen molar-refractivity contribution in [3.8, 4) is 0 Å². The number of carbonyl (C=O) groups is 2. The lowest BCUT2D eigenvalue weighted by molar-refractivity contribution is -0.156. The van der Waals surface area contributed by atoms with Crippen LogP contribution in [0.2, 0.25) is 0 Å². The average Bonchev–Trinajstić information content (AvgIpc) is 3.63. The van der Waals surface area contributed by atoms with Gasteiger partial charge in [0.2, 0.25) is 22.6 Å². The first-order chi connectivity index (χ1) is 19.7. The summed E-state index contributed by atoms with van der Waals surface area (Å²) in [5, 5.41) is 22.8. The number of aliphatic hydroxyl groups is 1. The van der Waals surface area contributed by atoms with Crippen molar-refractivity contribution in [2.75, 3.05) is 43.5 Å². The number of sulfonamides is 1. The number of hydrogen-bond acceptors (Lipinski definition) is 13. The van der Waals surface area contributed by atoms with E-state index in [0.29, 0.717) is 25.3 Å². The van der Waals surface area contributed by atoms with Crippen molar-refractivity contribution in [1.82, 2.24) is 0 Å². The zero-order valence-corrected chi connectivity index (χ0v) is 23.5. The van der Waals surface area contributed by atoms with Crippen molar-refractivity contribution >= 4 is 44.0 Å². The Morgan fingerprint density at radius 3 is 1.98 bits per heavy atom. The lowest BCUT2D eigenvalue weighted by atomic mass is 10.1. The number of carbonyl (C=O) groups excluding carboxylic acids is 2. The van der Waals surface area contributed by atoms with Crippen molar-refractivity contribution < 1.29 is 57.9 Å². The molecule has 43 heavy (non-hydrogen) atoms. The topological polar surface area (TPSA) is 241 Å². The summed E-state index contributed by atoms with van der Waals surface area (Å²) < 4.78 is 114. The van der Waals surface area contributed by atoms with Gasteiger partial charge in [0.05, 0.1) is 22.3 Å². The highest BCUT2D eigenvalue weighted by Gasteiger charge is 2.34. The van der Waals surface area contributed by atoms with E-state index in [1.54, 1.807) is 0 Å². The summed E-state index contributed by atoms with van der Waals surface area (Å²) in [5.41, 5.74) is 12.4. The molecule has 0 unspecified atom stereocenters. The molecule has 2 heterocycles. The number of aldehydes is 2. The first-order valence-electron chi connectivity index (χ1n) is 11.6. The first kappa shape index (κ1) is 37.7. The highest BCUT2D eigenvalue weighted by Crippen LogP contribution is 2.36. The molecule has 14 nitrogen and oxygen atoms in total. The van der Waals surface area contributed by atoms with E-state index in [0.717, 1.165) is 5.57 Å². The third-order valence-electron chi connectivity index (χ3n) is 5.25. The molecular weight excluding hydrogens is 640 g/mol. The molecule has 2 aliphatic rings. The summed E-state index contributed by atoms with van der Waals surface area (Å²) in [4.78, 5) is 22.3. The summed E-state index contributed by atoms with van der Waals surface area (Å²) in [6.07, 6.45) is -10.7. The number of anilines is 1. The van der Waals surface area contributed by atoms with E-state index in [1.807, 2.05) is 11.0 Å². The molecule has 0 bridgehead atoms. The fraction of sp³-hybridized carbons (Fsp3) is 0.476. The number of sulfone groups is 1. The van der Waals surface area contributed by atoms with Gasteiger partial charge in [0.1, 0.15) is 4.90 Å². The van der Waals surface area contributed by atoms with Crippen LogP contribution in [0.15, 0.2) is 48.8 Å². The van der Waals surface area contributed by atoms with Crippen LogP contribution in [0.5, 0.6) is 0 Å². The number of rotatable bonds is 9. The minimum Gasteiger partial charge on any atom is -0.392 e. The second-order valence-electron chi connectivity index (χ2n) is 8.46. The molecule has 0 amide bonds. The maximum atomic E-state index is 13.0. The van der Waals surface area contributed by atoms with E-state index >= 15 is 0 Å². The quantitative estimate of drug-likeness (QED) is 0.158. The third-order valence-corrected chi connectivity index (χ3v) is 8.15. The van der Waals surface area contributed by atoms with E-state index < -0.39 is 66.4 Å². The summed E-state index contributed by atoms with van der Waals surface area (Å²) in [6.45, 7) is 1.09. The zero-order chi connectivity index (χ0) is 33.2. The van der Waals surface area contributed by atoms with Crippen LogP contribution in [-0.2, 0) is 29.4 Å². The molecule has 22 heteroatoms. The molecule has 1 aromatic rings. The van der Waals surface area contributed by atoms with Crippen molar-refractivity contribution in [1.29, 1.82) is 0 Å². The Labute approximate surface area is 241 Å². The second-order valence-corrected chi connectivity index (χ2v) is 12.0. The maximum absolute atomic E-state index is 13.0. The Morgan fingerprint density at radius 1 is 1.02 bits per heavy atom. The lowest BCUT2D eigenvalue weighted by Crippen LogP contribution is -2.28. The number of aliphatic hydroxyl groups excluding tert-OH is 1. The number of alkyl halides is 6. The number of hydrogen-bond donors (Lipinski definition) is 4. The van der Waals surface area contributed by atoms with Gasteiger partial charge < -0.3 is 21.5 Å². The standard InChI is InChI=1S/C17H25N7O5S2.2C2HF3O/c18-7-11-3-5-24(9-11)13-1-2-14(30(26,27)6-4-12(25)8-19)16(31(20,28)29)15(13)17-21-10-22-23-17;2*3-2(4,5)1-6/h1-3,12,25H,4-10,18-19H2,(H2,20,28,29);2*1H/t12-;;/m0../s1. The summed E-state index contributed by atoms with van der Waals surface area (Å²) in [6, 6.07) is 2.70. The molecule has 0 radical (unpaired) electrons. The third kappa shape index (κ3) is 12.1. The fourth-order valence-electron chi connectivity index (χ4n) is 3.38. The summed E-state index contributed by atoms with van der Waals surface area (Å²) in [5.74, 6) is -0.525. The van der Waals surface area contributed by atoms with Crippen molar-refractivity contribution in [2.24, 2.45) is 31.8 Å². The molecule has 2 aliphatic heterocycles. The number of amidine groups is 1. The molecule has 0 fully saturated rings. The van der Waals surface area contributed by atoms with E-state index in [9.17, 15) is 48.3 Å². The largest absolute Gasteiger partial charge is 0.446 e. The second kappa shape index (κ2) is 15.4. The minimum absolute atomic E-state index is 0.00912. The molecular formula is C21H27F6N7O7S2. The van der Waals surface area contributed by atoms with Gasteiger partial charge in [-0.25, -0.2) is 27.0 Å². The van der Waals surface area contributed by atoms with Crippen LogP contribution in [0.3, 0.4) is 0 Å². The molecule has 1 atom stereocenters. The van der Waals surface area contributed by atoms with E-state index in [4.69, 9.17) is 26.2 Å². The average molecular weight is 668 g/mol. The van der Waals surface area contributed by atoms with Crippen molar-refractivity contribution in [3.63, 3.8) is 0 Å². The Balaban J connectivity index is 0.000000649. The predicted molar refractivity (Wildman–Crippen MR) is 139 cm³/mol. The van der Waals surface area contributed by atoms with Gasteiger partial charge in [-0.3, -0.25) is 9.59 Å². The van der Waals surface area contributed by atoms with Crippen molar-refractivity contribution in [3.05, 3.63) is 29.3 Å². The van der Waals surface area contributed by atoms with Gasteiger partial charge in [-0.1, -0.05) is 6.08 Å². The minimum atomic E-state index is -4.64. The predicted octanol–water partition coefficient (Wildman–Crippen LogP) is 0.188. The smallest absolute Gasteiger partial charge is 0.392 e. The van der Waals surface area contributed by atoms with Gasteiger partial charge in [0, 0.05) is 31.9 Å². The van der Waals surface area contributed by atoms with Gasteiger partial charge in [0.15, 0.2) is 22.3 Å². The van der Waals surface area contributed by atoms with Crippen LogP contribution in [0.4, 0.5) is 32.0 Å². The number of halogens is 6. The van der Waals surface area contributed by atoms with Crippen LogP contribution >= 0.6 is 0 Å². The van der Waals surface area contributed by atoms with Crippen molar-refractivity contribution in [2.45, 2.75) is 34.7 Å². The molecule has 3 rings (SSSR count). The monoisotopic (exact) mass is 667 g/mol. The highest BCUT2D eigenvalue weighted by molar-refractivity contribution is 7.93. The van der Waals surface area contributed by atoms with Crippen LogP contribution in [-0.4, -0.2) is 97.4 Å². The SMILES string of the molecule is NCC1=CCN(c2ccc(S(=O)(=O)CC[C@H](O)CN)c(S(N)(=O)=O)c2C2=NCN=N2)C1.O=CC(F)(F)F.O=CC(F)(F)F. The molecule has 0 aromatic heterocycles. The number of nitrogens with zero attached hydrogens (tertiary/aromatic N) is 4. The molecule has 0 spiro atoms. The van der Waals surface area contributed by atoms with E-state index in [2.05, 4.69) is 15.2 Å². The van der Waals surface area contributed by atoms with Gasteiger partial charge in [-0.15, -0.1) is 5.11 Å². The number of nitrogens with two attached hydrogens (primary N) is 3. The highest BCUT2D eigenvalue weighted by atomic mass is 32.2. The Kier molecular flexibility index (Phi) is 13.5. The Hall–Kier alpha value is -3.31. The first-order valence-corrected chi connectivity index (χ1v) is 14.8. The van der Waals surface area contributed by atoms with Crippen LogP contribution in [0.25, 0.3) is 0 Å². The summed E-state index contributed by atoms with van der Waals surface area (Å²) >= 11 is 0. The zero-order valence-electron chi connectivity index (χ0n) is 21.9. The van der Waals surface area contributed by atoms with Crippen LogP contribution < -0.4 is 21.5 Å².